The van der Waals surface area contributed by atoms with Crippen LogP contribution in [0.3, 0.4) is 0 Å². The van der Waals surface area contributed by atoms with E-state index in [-0.39, 0.29) is 17.7 Å². The van der Waals surface area contributed by atoms with Gasteiger partial charge in [-0.05, 0) is 117 Å². The highest BCUT2D eigenvalue weighted by molar-refractivity contribution is 7.99. The molecule has 0 bridgehead atoms. The van der Waals surface area contributed by atoms with E-state index in [0.717, 1.165) is 88.5 Å². The first-order chi connectivity index (χ1) is 37.1. The lowest BCUT2D eigenvalue weighted by Gasteiger charge is -2.43. The van der Waals surface area contributed by atoms with Crippen molar-refractivity contribution in [1.82, 2.24) is 4.48 Å². The molecular weight excluding hydrogens is 946 g/mol. The monoisotopic (exact) mass is 995 g/mol. The maximum absolute atomic E-state index is 7.13. The Morgan fingerprint density at radius 1 is 0.553 bits per heavy atom. The molecule has 362 valence electrons. The summed E-state index contributed by atoms with van der Waals surface area (Å²) >= 11 is 1.80. The predicted molar refractivity (Wildman–Crippen MR) is 317 cm³/mol. The fourth-order valence-electron chi connectivity index (χ4n) is 13.4. The van der Waals surface area contributed by atoms with Crippen LogP contribution in [0.1, 0.15) is 51.4 Å². The molecule has 3 aliphatic heterocycles. The Kier molecular flexibility index (Phi) is 9.03. The zero-order chi connectivity index (χ0) is 50.8. The van der Waals surface area contributed by atoms with E-state index < -0.39 is 0 Å². The van der Waals surface area contributed by atoms with Gasteiger partial charge in [-0.25, -0.2) is 0 Å². The summed E-state index contributed by atoms with van der Waals surface area (Å²) in [5.41, 5.74) is 22.9. The summed E-state index contributed by atoms with van der Waals surface area (Å²) in [4.78, 5) is 7.27. The van der Waals surface area contributed by atoms with Crippen molar-refractivity contribution in [3.05, 3.63) is 229 Å². The quantitative estimate of drug-likeness (QED) is 0.161. The predicted octanol–water partition coefficient (Wildman–Crippen LogP) is 18.0. The summed E-state index contributed by atoms with van der Waals surface area (Å²) in [6.45, 7) is 11.6. The first-order valence-corrected chi connectivity index (χ1v) is 27.3. The molecule has 0 N–H and O–H groups in total. The number of benzene rings is 10. The number of para-hydroxylation sites is 4. The molecule has 0 unspecified atom stereocenters. The Morgan fingerprint density at radius 2 is 1.25 bits per heavy atom. The molecule has 0 fully saturated rings. The number of furan rings is 1. The van der Waals surface area contributed by atoms with Gasteiger partial charge in [0, 0.05) is 67.2 Å². The fraction of sp³-hybridized carbons (Fsp3) is 0.101. The first-order valence-electron chi connectivity index (χ1n) is 26.4. The van der Waals surface area contributed by atoms with Crippen molar-refractivity contribution in [2.24, 2.45) is 0 Å². The Balaban J connectivity index is 1.10. The second-order valence-electron chi connectivity index (χ2n) is 22.4. The lowest BCUT2D eigenvalue weighted by atomic mass is 9.44. The van der Waals surface area contributed by atoms with Crippen LogP contribution in [0.2, 0.25) is 0 Å². The van der Waals surface area contributed by atoms with Gasteiger partial charge in [0.15, 0.2) is 0 Å². The van der Waals surface area contributed by atoms with Gasteiger partial charge in [-0.3, -0.25) is 0 Å². The van der Waals surface area contributed by atoms with E-state index in [1.165, 1.54) is 60.9 Å². The van der Waals surface area contributed by atoms with Crippen LogP contribution in [-0.4, -0.2) is 11.3 Å². The van der Waals surface area contributed by atoms with Crippen molar-refractivity contribution in [3.63, 3.8) is 0 Å². The van der Waals surface area contributed by atoms with E-state index in [0.29, 0.717) is 0 Å². The third-order valence-electron chi connectivity index (χ3n) is 16.7. The number of rotatable bonds is 5. The van der Waals surface area contributed by atoms with E-state index in [9.17, 15) is 0 Å². The lowest BCUT2D eigenvalue weighted by molar-refractivity contribution is 0.455. The normalized spacial score (nSPS) is 14.2. The number of ether oxygens (including phenoxy) is 1. The van der Waals surface area contributed by atoms with Crippen molar-refractivity contribution in [3.8, 4) is 44.9 Å². The molecule has 76 heavy (non-hydrogen) atoms. The van der Waals surface area contributed by atoms with E-state index in [2.05, 4.69) is 261 Å². The molecule has 1 aliphatic carbocycles. The summed E-state index contributed by atoms with van der Waals surface area (Å²) in [6, 6.07) is 78.1. The summed E-state index contributed by atoms with van der Waals surface area (Å²) < 4.78 is 17.0. The lowest BCUT2D eigenvalue weighted by Crippen LogP contribution is -2.58. The molecule has 0 radical (unpaired) electrons. The molecule has 16 rings (SSSR count). The van der Waals surface area contributed by atoms with Crippen molar-refractivity contribution in [2.45, 2.75) is 55.2 Å². The summed E-state index contributed by atoms with van der Waals surface area (Å²) in [5.74, 6) is 1.72. The van der Waals surface area contributed by atoms with Gasteiger partial charge in [-0.1, -0.05) is 180 Å². The first kappa shape index (κ1) is 43.7. The smallest absolute Gasteiger partial charge is 0.332 e. The van der Waals surface area contributed by atoms with E-state index in [1.54, 1.807) is 11.8 Å². The van der Waals surface area contributed by atoms with E-state index >= 15 is 0 Å². The van der Waals surface area contributed by atoms with Gasteiger partial charge in [0.2, 0.25) is 0 Å². The Morgan fingerprint density at radius 3 is 2.03 bits per heavy atom. The van der Waals surface area contributed by atoms with Crippen LogP contribution >= 0.6 is 11.8 Å². The molecule has 0 saturated carbocycles. The zero-order valence-corrected chi connectivity index (χ0v) is 43.7. The minimum atomic E-state index is -0.376. The van der Waals surface area contributed by atoms with Crippen LogP contribution in [0, 0.1) is 0 Å². The largest absolute Gasteiger partial charge is 0.456 e. The van der Waals surface area contributed by atoms with Gasteiger partial charge < -0.3 is 23.4 Å². The van der Waals surface area contributed by atoms with Crippen molar-refractivity contribution >= 4 is 96.5 Å². The Labute approximate surface area is 446 Å². The van der Waals surface area contributed by atoms with E-state index in [1.807, 2.05) is 0 Å². The number of fused-ring (bicyclic) bond motifs is 15. The molecule has 0 atom stereocenters. The molecule has 5 heterocycles. The summed E-state index contributed by atoms with van der Waals surface area (Å²) in [5, 5.41) is 3.43. The van der Waals surface area contributed by atoms with Gasteiger partial charge in [0.1, 0.15) is 22.7 Å². The van der Waals surface area contributed by atoms with Gasteiger partial charge in [-0.15, -0.1) is 0 Å². The molecule has 2 aromatic heterocycles. The molecule has 5 nitrogen and oxygen atoms in total. The number of hydrogen-bond acceptors (Lipinski definition) is 5. The van der Waals surface area contributed by atoms with Gasteiger partial charge >= 0.3 is 6.85 Å². The summed E-state index contributed by atoms with van der Waals surface area (Å²) in [7, 11) is 0. The van der Waals surface area contributed by atoms with Crippen LogP contribution in [0.25, 0.3) is 66.2 Å². The Bertz CT molecular complexity index is 4400. The van der Waals surface area contributed by atoms with Gasteiger partial charge in [-0.2, -0.15) is 0 Å². The fourth-order valence-corrected chi connectivity index (χ4v) is 14.3. The van der Waals surface area contributed by atoms with Crippen LogP contribution in [0.15, 0.2) is 227 Å². The second-order valence-corrected chi connectivity index (χ2v) is 23.5. The topological polar surface area (TPSA) is 33.8 Å². The SMILES string of the molecule is CC(C)(C)c1ccc(N2c3cc4c(cc3B3c5c(cc6oc7ccccc7c6c52)-c2ccc(N(c5ccccc5)c5ccccc5)c5c6c(n3c25)C(C)(C)c2ccccc2-6)Sc2ccccc2O4)c(-c2ccccc2)c1. The zero-order valence-electron chi connectivity index (χ0n) is 42.9. The molecule has 7 heteroatoms. The van der Waals surface area contributed by atoms with Crippen LogP contribution < -0.4 is 25.5 Å². The number of aromatic nitrogens is 1. The molecule has 10 aromatic carbocycles. The maximum Gasteiger partial charge on any atom is 0.332 e. The number of hydrogen-bond donors (Lipinski definition) is 0. The highest BCUT2D eigenvalue weighted by Crippen LogP contribution is 2.60. The molecule has 4 aliphatic rings. The third-order valence-corrected chi connectivity index (χ3v) is 17.8. The molecule has 0 spiro atoms. The van der Waals surface area contributed by atoms with Gasteiger partial charge in [0.25, 0.3) is 0 Å². The van der Waals surface area contributed by atoms with Crippen LogP contribution in [-0.2, 0) is 10.8 Å². The third kappa shape index (κ3) is 6.00. The molecule has 12 aromatic rings. The number of nitrogens with zero attached hydrogens (tertiary/aromatic N) is 3. The van der Waals surface area contributed by atoms with Crippen molar-refractivity contribution in [1.29, 1.82) is 0 Å². The second kappa shape index (κ2) is 15.7. The van der Waals surface area contributed by atoms with Crippen LogP contribution in [0.5, 0.6) is 11.5 Å². The maximum atomic E-state index is 7.13. The average Bonchev–Trinajstić information content (AvgIpc) is 4.28. The van der Waals surface area contributed by atoms with Crippen molar-refractivity contribution in [2.75, 3.05) is 9.80 Å². The molecule has 0 saturated heterocycles. The minimum Gasteiger partial charge on any atom is -0.456 e. The molecule has 0 amide bonds. The van der Waals surface area contributed by atoms with E-state index in [4.69, 9.17) is 9.15 Å². The number of anilines is 6. The standard InChI is InChI=1S/C69H50BN3O2S/c1-68(2,3)42-33-35-52(48(37-42)41-21-9-6-10-22-41)72-54-40-57-60(76-59-32-20-19-31-56(59)75-57)39-51(54)70-64-49(38-58-61(66(64)72)47-28-16-18-30-55(47)74-58)45-34-36-53(71(43-23-11-7-12-24-43)44-25-13-8-14-26-44)63-62-46-27-15-17-29-50(46)69(4,5)67(62)73(70)65(45)63/h6-40H,1-5H3. The van der Waals surface area contributed by atoms with Crippen molar-refractivity contribution < 1.29 is 9.15 Å². The summed E-state index contributed by atoms with van der Waals surface area (Å²) in [6.07, 6.45) is 0. The highest BCUT2D eigenvalue weighted by atomic mass is 32.2. The van der Waals surface area contributed by atoms with Gasteiger partial charge in [0.05, 0.1) is 32.2 Å². The molecular formula is C69H50BN3O2S. The minimum absolute atomic E-state index is 0.0891. The average molecular weight is 996 g/mol. The van der Waals surface area contributed by atoms with Crippen LogP contribution in [0.4, 0.5) is 34.1 Å². The Hall–Kier alpha value is -8.65. The highest BCUT2D eigenvalue weighted by Gasteiger charge is 2.51.